The van der Waals surface area contributed by atoms with Gasteiger partial charge in [-0.05, 0) is 36.4 Å². The molecule has 82 valence electrons. The molecule has 1 nitrogen and oxygen atoms in total. The van der Waals surface area contributed by atoms with Gasteiger partial charge in [0.1, 0.15) is 0 Å². The van der Waals surface area contributed by atoms with Gasteiger partial charge in [-0.1, -0.05) is 24.3 Å². The number of anilines is 1. The van der Waals surface area contributed by atoms with Gasteiger partial charge in [-0.3, -0.25) is 0 Å². The van der Waals surface area contributed by atoms with Crippen molar-refractivity contribution in [2.24, 2.45) is 0 Å². The van der Waals surface area contributed by atoms with Crippen molar-refractivity contribution in [1.82, 2.24) is 0 Å². The summed E-state index contributed by atoms with van der Waals surface area (Å²) in [6.45, 7) is 1.19. The molecule has 0 amide bonds. The number of hydrogen-bond donors (Lipinski definition) is 0. The van der Waals surface area contributed by atoms with Gasteiger partial charge in [-0.25, -0.2) is 0 Å². The molecule has 1 aliphatic rings. The Balaban J connectivity index is 1.90. The molecule has 0 N–H and O–H groups in total. The molecule has 1 saturated heterocycles. The Hall–Kier alpha value is -1.28. The molecule has 2 aromatic rings. The largest absolute Gasteiger partial charge is 0.364 e. The highest BCUT2D eigenvalue weighted by Gasteiger charge is 2.26. The summed E-state index contributed by atoms with van der Waals surface area (Å²) >= 11 is 1.88. The highest BCUT2D eigenvalue weighted by molar-refractivity contribution is 7.10. The zero-order valence-electron chi connectivity index (χ0n) is 9.17. The van der Waals surface area contributed by atoms with E-state index in [1.54, 1.807) is 0 Å². The Kier molecular flexibility index (Phi) is 2.66. The maximum Gasteiger partial charge on any atom is 0.0635 e. The third-order valence-corrected chi connectivity index (χ3v) is 4.19. The Bertz CT molecular complexity index is 435. The van der Waals surface area contributed by atoms with Crippen LogP contribution in [0.1, 0.15) is 23.8 Å². The third kappa shape index (κ3) is 1.74. The predicted octanol–water partition coefficient (Wildman–Crippen LogP) is 4.09. The van der Waals surface area contributed by atoms with Crippen molar-refractivity contribution in [2.45, 2.75) is 18.9 Å². The van der Waals surface area contributed by atoms with Crippen LogP contribution >= 0.6 is 11.3 Å². The van der Waals surface area contributed by atoms with E-state index < -0.39 is 0 Å². The second-order valence-corrected chi connectivity index (χ2v) is 5.18. The Morgan fingerprint density at radius 3 is 2.69 bits per heavy atom. The van der Waals surface area contributed by atoms with Crippen LogP contribution in [0.5, 0.6) is 0 Å². The molecule has 3 rings (SSSR count). The van der Waals surface area contributed by atoms with Gasteiger partial charge in [-0.2, -0.15) is 0 Å². The van der Waals surface area contributed by atoms with Crippen molar-refractivity contribution in [2.75, 3.05) is 11.4 Å². The summed E-state index contributed by atoms with van der Waals surface area (Å²) in [4.78, 5) is 4.03. The van der Waals surface area contributed by atoms with Crippen LogP contribution in [-0.4, -0.2) is 6.54 Å². The lowest BCUT2D eigenvalue weighted by molar-refractivity contribution is 0.733. The molecule has 1 aromatic heterocycles. The number of hydrogen-bond acceptors (Lipinski definition) is 2. The average Bonchev–Trinajstić information content (AvgIpc) is 3.01. The van der Waals surface area contributed by atoms with E-state index in [-0.39, 0.29) is 0 Å². The fourth-order valence-corrected chi connectivity index (χ4v) is 3.35. The van der Waals surface area contributed by atoms with Gasteiger partial charge in [0, 0.05) is 17.1 Å². The molecule has 0 aliphatic carbocycles. The zero-order valence-corrected chi connectivity index (χ0v) is 9.99. The average molecular weight is 229 g/mol. The first-order valence-corrected chi connectivity index (χ1v) is 6.68. The Morgan fingerprint density at radius 1 is 1.06 bits per heavy atom. The highest BCUT2D eigenvalue weighted by Crippen LogP contribution is 2.37. The summed E-state index contributed by atoms with van der Waals surface area (Å²) in [6, 6.07) is 15.8. The normalized spacial score (nSPS) is 20.2. The lowest BCUT2D eigenvalue weighted by Gasteiger charge is -2.26. The predicted molar refractivity (Wildman–Crippen MR) is 70.1 cm³/mol. The lowest BCUT2D eigenvalue weighted by atomic mass is 10.1. The van der Waals surface area contributed by atoms with Gasteiger partial charge in [0.15, 0.2) is 0 Å². The first-order valence-electron chi connectivity index (χ1n) is 5.80. The Morgan fingerprint density at radius 2 is 1.94 bits per heavy atom. The van der Waals surface area contributed by atoms with Crippen LogP contribution in [0.15, 0.2) is 47.8 Å². The fourth-order valence-electron chi connectivity index (χ4n) is 2.47. The molecule has 0 bridgehead atoms. The van der Waals surface area contributed by atoms with E-state index in [2.05, 4.69) is 52.7 Å². The van der Waals surface area contributed by atoms with Crippen LogP contribution < -0.4 is 4.90 Å². The minimum Gasteiger partial charge on any atom is -0.364 e. The van der Waals surface area contributed by atoms with Crippen molar-refractivity contribution >= 4 is 17.0 Å². The van der Waals surface area contributed by atoms with E-state index in [0.717, 1.165) is 0 Å². The van der Waals surface area contributed by atoms with Gasteiger partial charge in [0.2, 0.25) is 0 Å². The molecule has 0 saturated carbocycles. The molecule has 1 aromatic carbocycles. The Labute approximate surface area is 100 Å². The van der Waals surface area contributed by atoms with Crippen molar-refractivity contribution in [3.63, 3.8) is 0 Å². The number of rotatable bonds is 2. The summed E-state index contributed by atoms with van der Waals surface area (Å²) in [5.41, 5.74) is 1.36. The van der Waals surface area contributed by atoms with Gasteiger partial charge < -0.3 is 4.90 Å². The topological polar surface area (TPSA) is 3.24 Å². The number of benzene rings is 1. The summed E-state index contributed by atoms with van der Waals surface area (Å²) < 4.78 is 0. The lowest BCUT2D eigenvalue weighted by Crippen LogP contribution is -2.21. The number of nitrogens with zero attached hydrogens (tertiary/aromatic N) is 1. The van der Waals surface area contributed by atoms with Crippen molar-refractivity contribution < 1.29 is 0 Å². The SMILES string of the molecule is c1ccc(N2CCCC2c2cccs2)cc1. The number of para-hydroxylation sites is 1. The maximum absolute atomic E-state index is 2.53. The van der Waals surface area contributed by atoms with Crippen LogP contribution in [0.25, 0.3) is 0 Å². The van der Waals surface area contributed by atoms with E-state index >= 15 is 0 Å². The molecular formula is C14H15NS. The first kappa shape index (κ1) is 9.91. The molecule has 0 spiro atoms. The monoisotopic (exact) mass is 229 g/mol. The van der Waals surface area contributed by atoms with Crippen molar-refractivity contribution in [1.29, 1.82) is 0 Å². The van der Waals surface area contributed by atoms with Crippen molar-refractivity contribution in [3.05, 3.63) is 52.7 Å². The van der Waals surface area contributed by atoms with Crippen LogP contribution in [0.2, 0.25) is 0 Å². The minimum absolute atomic E-state index is 0.599. The summed E-state index contributed by atoms with van der Waals surface area (Å²) in [7, 11) is 0. The molecule has 0 radical (unpaired) electrons. The smallest absolute Gasteiger partial charge is 0.0635 e. The maximum atomic E-state index is 2.53. The molecule has 2 heterocycles. The van der Waals surface area contributed by atoms with E-state index in [0.29, 0.717) is 6.04 Å². The second-order valence-electron chi connectivity index (χ2n) is 4.20. The summed E-state index contributed by atoms with van der Waals surface area (Å²) in [6.07, 6.45) is 2.59. The second kappa shape index (κ2) is 4.30. The molecule has 2 heteroatoms. The standard InChI is InChI=1S/C14H15NS/c1-2-6-12(7-3-1)15-10-4-8-13(15)14-9-5-11-16-14/h1-3,5-7,9,11,13H,4,8,10H2. The van der Waals surface area contributed by atoms with Gasteiger partial charge in [-0.15, -0.1) is 11.3 Å². The molecule has 1 aliphatic heterocycles. The highest BCUT2D eigenvalue weighted by atomic mass is 32.1. The van der Waals surface area contributed by atoms with Crippen LogP contribution in [0.3, 0.4) is 0 Å². The van der Waals surface area contributed by atoms with Gasteiger partial charge in [0.25, 0.3) is 0 Å². The molecular weight excluding hydrogens is 214 g/mol. The van der Waals surface area contributed by atoms with E-state index in [4.69, 9.17) is 0 Å². The van der Waals surface area contributed by atoms with E-state index in [1.807, 2.05) is 11.3 Å². The van der Waals surface area contributed by atoms with E-state index in [9.17, 15) is 0 Å². The summed E-state index contributed by atoms with van der Waals surface area (Å²) in [5.74, 6) is 0. The van der Waals surface area contributed by atoms with E-state index in [1.165, 1.54) is 30.0 Å². The molecule has 1 atom stereocenters. The molecule has 1 unspecified atom stereocenters. The molecule has 1 fully saturated rings. The van der Waals surface area contributed by atoms with Gasteiger partial charge in [0.05, 0.1) is 6.04 Å². The fraction of sp³-hybridized carbons (Fsp3) is 0.286. The van der Waals surface area contributed by atoms with Crippen LogP contribution in [-0.2, 0) is 0 Å². The minimum atomic E-state index is 0.599. The van der Waals surface area contributed by atoms with Gasteiger partial charge >= 0.3 is 0 Å². The molecule has 16 heavy (non-hydrogen) atoms. The zero-order chi connectivity index (χ0) is 10.8. The van der Waals surface area contributed by atoms with Crippen molar-refractivity contribution in [3.8, 4) is 0 Å². The number of thiophene rings is 1. The van der Waals surface area contributed by atoms with Crippen LogP contribution in [0.4, 0.5) is 5.69 Å². The van der Waals surface area contributed by atoms with Crippen LogP contribution in [0, 0.1) is 0 Å². The summed E-state index contributed by atoms with van der Waals surface area (Å²) in [5, 5.41) is 2.18. The first-order chi connectivity index (χ1) is 7.95. The third-order valence-electron chi connectivity index (χ3n) is 3.21. The quantitative estimate of drug-likeness (QED) is 0.749.